The number of aromatic nitrogens is 1. The first-order valence-electron chi connectivity index (χ1n) is 3.15. The molecule has 0 fully saturated rings. The highest BCUT2D eigenvalue weighted by Gasteiger charge is 1.92. The zero-order chi connectivity index (χ0) is 7.56. The first kappa shape index (κ1) is 6.82. The molecule has 1 aromatic rings. The molecule has 1 nitrogen and oxygen atoms in total. The Hall–Kier alpha value is -1.29. The summed E-state index contributed by atoms with van der Waals surface area (Å²) < 4.78 is 0. The summed E-state index contributed by atoms with van der Waals surface area (Å²) in [5.74, 6) is 2.48. The zero-order valence-electron chi connectivity index (χ0n) is 6.18. The highest BCUT2D eigenvalue weighted by atomic mass is 14.7. The maximum Gasteiger partial charge on any atom is 0.113 e. The molecule has 0 aliphatic heterocycles. The van der Waals surface area contributed by atoms with Crippen LogP contribution in [-0.4, -0.2) is 4.98 Å². The van der Waals surface area contributed by atoms with Gasteiger partial charge in [0.15, 0.2) is 0 Å². The van der Waals surface area contributed by atoms with Gasteiger partial charge in [0.25, 0.3) is 0 Å². The quantitative estimate of drug-likeness (QED) is 0.488. The van der Waals surface area contributed by atoms with Gasteiger partial charge in [0.2, 0.25) is 0 Å². The van der Waals surface area contributed by atoms with Crippen LogP contribution >= 0.6 is 0 Å². The molecule has 0 bridgehead atoms. The van der Waals surface area contributed by atoms with Crippen LogP contribution in [0, 0.1) is 26.2 Å². The fraction of sp³-hybridized carbons (Fsp3) is 0.222. The summed E-state index contributed by atoms with van der Waals surface area (Å²) in [5, 5.41) is 0. The van der Waals surface area contributed by atoms with Crippen molar-refractivity contribution in [3.05, 3.63) is 29.1 Å². The van der Waals surface area contributed by atoms with Crippen LogP contribution in [0.5, 0.6) is 0 Å². The van der Waals surface area contributed by atoms with Crippen molar-refractivity contribution in [3.63, 3.8) is 0 Å². The van der Waals surface area contributed by atoms with Crippen molar-refractivity contribution in [1.29, 1.82) is 0 Å². The van der Waals surface area contributed by atoms with Crippen LogP contribution < -0.4 is 0 Å². The van der Waals surface area contributed by atoms with E-state index in [9.17, 15) is 0 Å². The maximum atomic E-state index is 5.16. The molecule has 1 heteroatoms. The molecule has 0 aromatic carbocycles. The predicted molar refractivity (Wildman–Crippen MR) is 41.6 cm³/mol. The van der Waals surface area contributed by atoms with Gasteiger partial charge < -0.3 is 0 Å². The molecule has 1 rings (SSSR count). The van der Waals surface area contributed by atoms with E-state index in [0.717, 1.165) is 5.69 Å². The summed E-state index contributed by atoms with van der Waals surface area (Å²) in [6, 6.07) is 3.83. The van der Waals surface area contributed by atoms with Gasteiger partial charge in [-0.15, -0.1) is 6.42 Å². The minimum atomic E-state index is 0.711. The fourth-order valence-electron chi connectivity index (χ4n) is 0.711. The average molecular weight is 131 g/mol. The topological polar surface area (TPSA) is 12.9 Å². The number of pyridine rings is 1. The largest absolute Gasteiger partial charge is 0.244 e. The van der Waals surface area contributed by atoms with E-state index in [-0.39, 0.29) is 0 Å². The van der Waals surface area contributed by atoms with Gasteiger partial charge in [-0.05, 0) is 25.5 Å². The van der Waals surface area contributed by atoms with Gasteiger partial charge in [-0.25, -0.2) is 4.98 Å². The lowest BCUT2D eigenvalue weighted by molar-refractivity contribution is 1.13. The summed E-state index contributed by atoms with van der Waals surface area (Å²) >= 11 is 0. The average Bonchev–Trinajstić information content (AvgIpc) is 1.95. The van der Waals surface area contributed by atoms with Gasteiger partial charge in [-0.2, -0.15) is 0 Å². The van der Waals surface area contributed by atoms with Crippen molar-refractivity contribution < 1.29 is 0 Å². The second kappa shape index (κ2) is 2.53. The number of hydrogen-bond donors (Lipinski definition) is 0. The monoisotopic (exact) mass is 131 g/mol. The molecule has 0 aliphatic rings. The Morgan fingerprint density at radius 3 is 2.60 bits per heavy atom. The SMILES string of the molecule is C#Cc1ccc(C)c(C)n1. The Bertz CT molecular complexity index is 281. The highest BCUT2D eigenvalue weighted by Crippen LogP contribution is 2.03. The third-order valence-electron chi connectivity index (χ3n) is 1.50. The summed E-state index contributed by atoms with van der Waals surface area (Å²) in [4.78, 5) is 4.16. The number of aryl methyl sites for hydroxylation is 2. The van der Waals surface area contributed by atoms with Crippen LogP contribution in [0.1, 0.15) is 17.0 Å². The fourth-order valence-corrected chi connectivity index (χ4v) is 0.711. The molecular weight excluding hydrogens is 122 g/mol. The lowest BCUT2D eigenvalue weighted by atomic mass is 10.2. The van der Waals surface area contributed by atoms with Crippen LogP contribution in [0.3, 0.4) is 0 Å². The third kappa shape index (κ3) is 1.16. The molecule has 0 N–H and O–H groups in total. The van der Waals surface area contributed by atoms with Crippen molar-refractivity contribution in [2.24, 2.45) is 0 Å². The number of rotatable bonds is 0. The van der Waals surface area contributed by atoms with Gasteiger partial charge in [-0.1, -0.05) is 12.0 Å². The summed E-state index contributed by atoms with van der Waals surface area (Å²) in [7, 11) is 0. The Morgan fingerprint density at radius 1 is 1.40 bits per heavy atom. The minimum Gasteiger partial charge on any atom is -0.244 e. The van der Waals surface area contributed by atoms with E-state index in [0.29, 0.717) is 5.69 Å². The molecule has 0 saturated heterocycles. The van der Waals surface area contributed by atoms with Gasteiger partial charge in [0.1, 0.15) is 5.69 Å². The second-order valence-electron chi connectivity index (χ2n) is 2.24. The molecule has 10 heavy (non-hydrogen) atoms. The molecule has 0 saturated carbocycles. The van der Waals surface area contributed by atoms with E-state index >= 15 is 0 Å². The lowest BCUT2D eigenvalue weighted by Crippen LogP contribution is -1.88. The highest BCUT2D eigenvalue weighted by molar-refractivity contribution is 5.29. The van der Waals surface area contributed by atoms with E-state index in [1.54, 1.807) is 0 Å². The molecule has 0 radical (unpaired) electrons. The molecule has 1 aromatic heterocycles. The first-order valence-corrected chi connectivity index (χ1v) is 3.15. The molecule has 0 spiro atoms. The van der Waals surface area contributed by atoms with E-state index in [1.807, 2.05) is 26.0 Å². The Balaban J connectivity index is 3.20. The van der Waals surface area contributed by atoms with Crippen molar-refractivity contribution in [3.8, 4) is 12.3 Å². The predicted octanol–water partition coefficient (Wildman–Crippen LogP) is 1.68. The number of nitrogens with zero attached hydrogens (tertiary/aromatic N) is 1. The molecule has 1 heterocycles. The maximum absolute atomic E-state index is 5.16. The smallest absolute Gasteiger partial charge is 0.113 e. The second-order valence-corrected chi connectivity index (χ2v) is 2.24. The lowest BCUT2D eigenvalue weighted by Gasteiger charge is -1.96. The number of terminal acetylenes is 1. The van der Waals surface area contributed by atoms with Crippen LogP contribution in [0.4, 0.5) is 0 Å². The van der Waals surface area contributed by atoms with Gasteiger partial charge >= 0.3 is 0 Å². The molecule has 0 amide bonds. The zero-order valence-corrected chi connectivity index (χ0v) is 6.18. The first-order chi connectivity index (χ1) is 4.74. The molecular formula is C9H9N. The van der Waals surface area contributed by atoms with Crippen LogP contribution in [0.15, 0.2) is 12.1 Å². The summed E-state index contributed by atoms with van der Waals surface area (Å²) in [6.45, 7) is 3.97. The molecule has 50 valence electrons. The van der Waals surface area contributed by atoms with E-state index in [4.69, 9.17) is 6.42 Å². The number of hydrogen-bond acceptors (Lipinski definition) is 1. The Labute approximate surface area is 61.1 Å². The third-order valence-corrected chi connectivity index (χ3v) is 1.50. The Kier molecular flexibility index (Phi) is 1.73. The van der Waals surface area contributed by atoms with Crippen molar-refractivity contribution in [1.82, 2.24) is 4.98 Å². The Morgan fingerprint density at radius 2 is 2.10 bits per heavy atom. The minimum absolute atomic E-state index is 0.711. The van der Waals surface area contributed by atoms with Crippen molar-refractivity contribution >= 4 is 0 Å². The molecule has 0 atom stereocenters. The van der Waals surface area contributed by atoms with E-state index < -0.39 is 0 Å². The van der Waals surface area contributed by atoms with Crippen molar-refractivity contribution in [2.75, 3.05) is 0 Å². The van der Waals surface area contributed by atoms with Crippen LogP contribution in [0.2, 0.25) is 0 Å². The molecule has 0 unspecified atom stereocenters. The van der Waals surface area contributed by atoms with Crippen molar-refractivity contribution in [2.45, 2.75) is 13.8 Å². The van der Waals surface area contributed by atoms with Gasteiger partial charge in [0.05, 0.1) is 0 Å². The standard InChI is InChI=1S/C9H9N/c1-4-9-6-5-7(2)8(3)10-9/h1,5-6H,2-3H3. The van der Waals surface area contributed by atoms with Gasteiger partial charge in [-0.3, -0.25) is 0 Å². The van der Waals surface area contributed by atoms with Gasteiger partial charge in [0, 0.05) is 5.69 Å². The van der Waals surface area contributed by atoms with Crippen LogP contribution in [0.25, 0.3) is 0 Å². The summed E-state index contributed by atoms with van der Waals surface area (Å²) in [5.41, 5.74) is 2.90. The normalized spacial score (nSPS) is 8.90. The summed E-state index contributed by atoms with van der Waals surface area (Å²) in [6.07, 6.45) is 5.16. The molecule has 0 aliphatic carbocycles. The van der Waals surface area contributed by atoms with Crippen LogP contribution in [-0.2, 0) is 0 Å². The van der Waals surface area contributed by atoms with E-state index in [1.165, 1.54) is 5.56 Å². The van der Waals surface area contributed by atoms with E-state index in [2.05, 4.69) is 10.9 Å².